The van der Waals surface area contributed by atoms with Gasteiger partial charge in [-0.05, 0) is 70.6 Å². The van der Waals surface area contributed by atoms with Gasteiger partial charge in [-0.3, -0.25) is 9.78 Å². The van der Waals surface area contributed by atoms with Crippen molar-refractivity contribution in [1.82, 2.24) is 4.98 Å². The number of hydrogen-bond acceptors (Lipinski definition) is 4. The van der Waals surface area contributed by atoms with Crippen molar-refractivity contribution in [1.29, 1.82) is 5.26 Å². The summed E-state index contributed by atoms with van der Waals surface area (Å²) in [7, 11) is -1.35. The molecule has 6 heteroatoms. The van der Waals surface area contributed by atoms with E-state index in [4.69, 9.17) is 10.1 Å². The van der Waals surface area contributed by atoms with E-state index < -0.39 is 8.07 Å². The molecule has 1 heterocycles. The molecule has 0 amide bonds. The number of nitriles is 1. The third-order valence-electron chi connectivity index (χ3n) is 7.75. The summed E-state index contributed by atoms with van der Waals surface area (Å²) in [4.78, 5) is 14.8. The molecule has 1 radical (unpaired) electrons. The van der Waals surface area contributed by atoms with Crippen molar-refractivity contribution in [3.63, 3.8) is 0 Å². The van der Waals surface area contributed by atoms with Crippen molar-refractivity contribution in [3.8, 4) is 28.5 Å². The van der Waals surface area contributed by atoms with Crippen LogP contribution in [0.15, 0.2) is 103 Å². The first-order valence-electron chi connectivity index (χ1n) is 14.6. The number of aliphatic hydroxyl groups is 1. The number of pyridine rings is 1. The first-order valence-corrected chi connectivity index (χ1v) is 18.1. The molecule has 5 aromatic carbocycles. The molecule has 1 N–H and O–H groups in total. The smallest absolute Gasteiger partial charge is 0.155 e. The summed E-state index contributed by atoms with van der Waals surface area (Å²) < 4.78 is 0. The second-order valence-corrected chi connectivity index (χ2v) is 17.2. The Morgan fingerprint density at radius 2 is 1.51 bits per heavy atom. The molecular formula is C39H35IrN2O2Si-. The molecule has 0 aliphatic rings. The number of rotatable bonds is 4. The van der Waals surface area contributed by atoms with Gasteiger partial charge in [-0.15, -0.1) is 23.6 Å². The number of aryl methyl sites for hydroxylation is 1. The van der Waals surface area contributed by atoms with Crippen LogP contribution in [-0.4, -0.2) is 23.9 Å². The summed E-state index contributed by atoms with van der Waals surface area (Å²) in [5.74, 6) is -0.0625. The minimum atomic E-state index is -1.35. The van der Waals surface area contributed by atoms with Crippen molar-refractivity contribution in [2.45, 2.75) is 40.4 Å². The van der Waals surface area contributed by atoms with Crippen LogP contribution in [0.4, 0.5) is 0 Å². The zero-order chi connectivity index (χ0) is 31.6. The molecule has 45 heavy (non-hydrogen) atoms. The van der Waals surface area contributed by atoms with Gasteiger partial charge in [0.05, 0.1) is 19.9 Å². The number of allylic oxidation sites excluding steroid dienone is 2. The summed E-state index contributed by atoms with van der Waals surface area (Å²) in [6.07, 6.45) is 3.04. The molecule has 0 atom stereocenters. The molecular weight excluding hydrogens is 749 g/mol. The van der Waals surface area contributed by atoms with E-state index >= 15 is 0 Å². The average Bonchev–Trinajstić information content (AvgIpc) is 2.99. The fourth-order valence-corrected chi connectivity index (χ4v) is 6.83. The van der Waals surface area contributed by atoms with Crippen molar-refractivity contribution in [3.05, 3.63) is 120 Å². The zero-order valence-electron chi connectivity index (χ0n) is 26.3. The fourth-order valence-electron chi connectivity index (χ4n) is 5.66. The van der Waals surface area contributed by atoms with Crippen LogP contribution < -0.4 is 5.19 Å². The largest absolute Gasteiger partial charge is 0.512 e. The zero-order valence-corrected chi connectivity index (χ0v) is 29.7. The summed E-state index contributed by atoms with van der Waals surface area (Å²) >= 11 is 0. The number of fused-ring (bicyclic) bond motifs is 4. The minimum Gasteiger partial charge on any atom is -0.512 e. The predicted molar refractivity (Wildman–Crippen MR) is 186 cm³/mol. The SMILES string of the molecule is CC(=O)/C=C(/C)O.Cc1ccc2c(ccc3c(-c4[c-]c5ccccc5c(C#N)c4)nccc32)c1-c1ccc([Si](C)(C)C)cc1.[Ir]. The Morgan fingerprint density at radius 1 is 0.867 bits per heavy atom. The number of aliphatic hydroxyl groups excluding tert-OH is 1. The van der Waals surface area contributed by atoms with E-state index in [0.29, 0.717) is 5.56 Å². The van der Waals surface area contributed by atoms with E-state index in [2.05, 4.69) is 93.3 Å². The second-order valence-electron chi connectivity index (χ2n) is 12.2. The maximum absolute atomic E-state index is 10.0. The molecule has 6 aromatic rings. The van der Waals surface area contributed by atoms with Gasteiger partial charge in [-0.2, -0.15) is 5.26 Å². The molecule has 6 rings (SSSR count). The Balaban J connectivity index is 0.000000519. The van der Waals surface area contributed by atoms with E-state index in [1.165, 1.54) is 52.6 Å². The topological polar surface area (TPSA) is 74.0 Å². The Hall–Kier alpha value is -4.40. The van der Waals surface area contributed by atoms with E-state index in [1.54, 1.807) is 0 Å². The Bertz CT molecular complexity index is 2120. The van der Waals surface area contributed by atoms with Gasteiger partial charge >= 0.3 is 0 Å². The van der Waals surface area contributed by atoms with Crippen LogP contribution in [0.25, 0.3) is 54.7 Å². The second kappa shape index (κ2) is 13.7. The van der Waals surface area contributed by atoms with E-state index in [9.17, 15) is 10.1 Å². The molecule has 4 nitrogen and oxygen atoms in total. The van der Waals surface area contributed by atoms with Crippen LogP contribution in [0.5, 0.6) is 0 Å². The van der Waals surface area contributed by atoms with Gasteiger partial charge in [0.2, 0.25) is 0 Å². The van der Waals surface area contributed by atoms with Gasteiger partial charge in [0, 0.05) is 38.1 Å². The molecule has 0 unspecified atom stereocenters. The van der Waals surface area contributed by atoms with Crippen molar-refractivity contribution >= 4 is 51.4 Å². The summed E-state index contributed by atoms with van der Waals surface area (Å²) in [6.45, 7) is 12.2. The maximum atomic E-state index is 10.0. The quantitative estimate of drug-likeness (QED) is 0.0636. The van der Waals surface area contributed by atoms with Crippen LogP contribution >= 0.6 is 0 Å². The van der Waals surface area contributed by atoms with Crippen molar-refractivity contribution < 1.29 is 30.0 Å². The summed E-state index contributed by atoms with van der Waals surface area (Å²) in [6, 6.07) is 35.8. The normalized spacial score (nSPS) is 11.4. The predicted octanol–water partition coefficient (Wildman–Crippen LogP) is 9.44. The van der Waals surface area contributed by atoms with Gasteiger partial charge in [0.1, 0.15) is 0 Å². The standard InChI is InChI=1S/C34H27N2Si.C5H8O2.Ir/c1-22-9-14-29-30-17-18-36-34(25-19-24-7-5-6-8-28(24)26(20-25)21-35)32(30)16-15-31(29)33(22)23-10-12-27(13-11-23)37(2,3)4;1-4(6)3-5(2)7;/h5-18,20H,1-4H3;3,6H,1-2H3;/q-1;;/b;4-3-;. The third kappa shape index (κ3) is 7.13. The average molecular weight is 784 g/mol. The molecule has 0 fully saturated rings. The van der Waals surface area contributed by atoms with Gasteiger partial charge < -0.3 is 5.11 Å². The number of benzene rings is 5. The molecule has 1 aromatic heterocycles. The van der Waals surface area contributed by atoms with E-state index in [-0.39, 0.29) is 31.6 Å². The molecule has 0 saturated heterocycles. The van der Waals surface area contributed by atoms with Gasteiger partial charge in [0.15, 0.2) is 5.78 Å². The van der Waals surface area contributed by atoms with Crippen LogP contribution in [0.1, 0.15) is 25.0 Å². The van der Waals surface area contributed by atoms with Gasteiger partial charge in [-0.1, -0.05) is 103 Å². The molecule has 0 aliphatic heterocycles. The number of aromatic nitrogens is 1. The number of ketones is 1. The molecule has 0 spiro atoms. The molecule has 0 bridgehead atoms. The number of carbonyl (C=O) groups excluding carboxylic acids is 1. The first kappa shape index (κ1) is 33.5. The van der Waals surface area contributed by atoms with E-state index in [0.717, 1.165) is 32.8 Å². The fraction of sp³-hybridized carbons (Fsp3) is 0.154. The van der Waals surface area contributed by atoms with Crippen molar-refractivity contribution in [2.75, 3.05) is 0 Å². The molecule has 227 valence electrons. The van der Waals surface area contributed by atoms with E-state index in [1.807, 2.05) is 36.5 Å². The van der Waals surface area contributed by atoms with Crippen molar-refractivity contribution in [2.24, 2.45) is 0 Å². The maximum Gasteiger partial charge on any atom is 0.155 e. The third-order valence-corrected chi connectivity index (χ3v) is 9.82. The minimum absolute atomic E-state index is 0. The summed E-state index contributed by atoms with van der Waals surface area (Å²) in [5.41, 5.74) is 6.13. The Morgan fingerprint density at radius 3 is 2.13 bits per heavy atom. The monoisotopic (exact) mass is 784 g/mol. The Labute approximate surface area is 279 Å². The summed E-state index contributed by atoms with van der Waals surface area (Å²) in [5, 5.41) is 26.1. The molecule has 0 aliphatic carbocycles. The number of hydrogen-bond donors (Lipinski definition) is 1. The van der Waals surface area contributed by atoms with Crippen LogP contribution in [-0.2, 0) is 24.9 Å². The number of nitrogens with zero attached hydrogens (tertiary/aromatic N) is 2. The Kier molecular flexibility index (Phi) is 10.2. The van der Waals surface area contributed by atoms with Gasteiger partial charge in [0.25, 0.3) is 0 Å². The van der Waals surface area contributed by atoms with Crippen LogP contribution in [0.3, 0.4) is 0 Å². The first-order chi connectivity index (χ1) is 21.0. The van der Waals surface area contributed by atoms with Crippen LogP contribution in [0.2, 0.25) is 19.6 Å². The molecule has 0 saturated carbocycles. The van der Waals surface area contributed by atoms with Gasteiger partial charge in [-0.25, -0.2) is 0 Å². The number of carbonyl (C=O) groups is 1. The van der Waals surface area contributed by atoms with Crippen LogP contribution in [0, 0.1) is 24.3 Å².